The Balaban J connectivity index is 0.000000127. The summed E-state index contributed by atoms with van der Waals surface area (Å²) in [6, 6.07) is 61.2. The number of urea groups is 1. The molecule has 5 N–H and O–H groups in total. The van der Waals surface area contributed by atoms with Crippen LogP contribution < -0.4 is 50.3 Å². The number of nitriles is 6. The maximum absolute atomic E-state index is 12.5. The van der Waals surface area contributed by atoms with E-state index in [1.807, 2.05) is 36.4 Å². The van der Waals surface area contributed by atoms with Crippen LogP contribution in [0.4, 0.5) is 33.2 Å². The van der Waals surface area contributed by atoms with Gasteiger partial charge >= 0.3 is 6.03 Å². The Hall–Kier alpha value is -14.9. The first-order chi connectivity index (χ1) is 64.0. The van der Waals surface area contributed by atoms with Crippen molar-refractivity contribution in [3.8, 4) is 121 Å². The van der Waals surface area contributed by atoms with Gasteiger partial charge in [0.2, 0.25) is 0 Å². The normalized spacial score (nSPS) is 17.3. The van der Waals surface area contributed by atoms with Crippen molar-refractivity contribution in [1.29, 1.82) is 31.6 Å². The molecule has 0 bridgehead atoms. The van der Waals surface area contributed by atoms with Crippen LogP contribution in [-0.4, -0.2) is 124 Å². The summed E-state index contributed by atoms with van der Waals surface area (Å²) >= 11 is 0. The monoisotopic (exact) mass is 1780 g/mol. The van der Waals surface area contributed by atoms with Crippen LogP contribution in [0.3, 0.4) is 0 Å². The van der Waals surface area contributed by atoms with E-state index in [0.29, 0.717) is 183 Å². The van der Waals surface area contributed by atoms with Gasteiger partial charge in [0.05, 0.1) is 116 Å². The molecule has 133 heavy (non-hydrogen) atoms. The summed E-state index contributed by atoms with van der Waals surface area (Å²) in [5, 5.41) is 71.3. The molecule has 4 atom stereocenters. The summed E-state index contributed by atoms with van der Waals surface area (Å²) in [4.78, 5) is 62.2. The maximum atomic E-state index is 12.5. The van der Waals surface area contributed by atoms with E-state index in [4.69, 9.17) is 47.9 Å². The van der Waals surface area contributed by atoms with E-state index in [1.165, 1.54) is 34.9 Å². The molecule has 6 amide bonds. The molecule has 0 aromatic heterocycles. The predicted octanol–water partition coefficient (Wildman–Crippen LogP) is 19.5. The van der Waals surface area contributed by atoms with Gasteiger partial charge in [-0.15, -0.1) is 0 Å². The van der Waals surface area contributed by atoms with Crippen molar-refractivity contribution in [3.05, 3.63) is 235 Å². The minimum absolute atomic E-state index is 0.207. The average Bonchev–Trinajstić information content (AvgIpc) is 1.53. The molecule has 0 spiro atoms. The number of nitrogens with zero attached hydrogens (tertiary/aromatic N) is 7. The lowest BCUT2D eigenvalue weighted by molar-refractivity contribution is -0.121. The third kappa shape index (κ3) is 20.2. The Kier molecular flexibility index (Phi) is 27.5. The largest absolute Gasteiger partial charge is 0.492 e. The Labute approximate surface area is 774 Å². The number of anilines is 5. The number of amides is 6. The third-order valence-corrected chi connectivity index (χ3v) is 25.0. The second kappa shape index (κ2) is 39.4. The number of hydrogen-bond donors (Lipinski definition) is 5. The molecule has 19 rings (SSSR count). The van der Waals surface area contributed by atoms with Crippen molar-refractivity contribution in [1.82, 2.24) is 4.90 Å². The molecule has 26 nitrogen and oxygen atoms in total. The fourth-order valence-corrected chi connectivity index (χ4v) is 16.4. The predicted molar refractivity (Wildman–Crippen MR) is 505 cm³/mol. The van der Waals surface area contributed by atoms with Crippen LogP contribution in [0.2, 0.25) is 0 Å². The average molecular weight is 1780 g/mol. The highest BCUT2D eigenvalue weighted by atomic mass is 16.6. The lowest BCUT2D eigenvalue weighted by atomic mass is 9.93. The molecule has 0 unspecified atom stereocenters. The standard InChI is InChI=1S/2C22H22N2O3.C21H20N4O2.2C21H20N2O3/c2*1-13(2)14-4-6-15(7-5-14)17-10-19(24-21(25)22(3)12-27-22)18(11-23)16-8-9-26-20(16)17;1-13(2)14-4-6-15(7-5-14)17-10-19(24-21(26)25(3)12-23)18(11-22)16-8-9-27-20(16)17;2*1-12(2)13-3-5-14(6-4-13)16-9-18(23-21(24)19-11-26-19)17(10-22)15-7-8-25-20(15)16/h2*4-7,10,13H,8-9,12H2,1-3H3,(H,24,25);4-7,10,13H,8-9H2,1-3H3,(H,24,26);2*3-6,9,12,19H,7-8,11H2,1-2H3,(H,23,24)/t2*22-;;2*19-/m10.10/s1. The van der Waals surface area contributed by atoms with Crippen LogP contribution in [0.1, 0.15) is 196 Å². The molecule has 10 aromatic carbocycles. The van der Waals surface area contributed by atoms with Gasteiger partial charge in [0, 0.05) is 94.8 Å². The van der Waals surface area contributed by atoms with E-state index < -0.39 is 29.4 Å². The molecular weight excluding hydrogens is 1680 g/mol. The summed E-state index contributed by atoms with van der Waals surface area (Å²) in [6.45, 7) is 29.4. The van der Waals surface area contributed by atoms with Gasteiger partial charge in [0.1, 0.15) is 59.1 Å². The fraction of sp³-hybridized carbons (Fsp3) is 0.336. The number of rotatable bonds is 19. The van der Waals surface area contributed by atoms with Gasteiger partial charge in [-0.3, -0.25) is 19.2 Å². The Morgan fingerprint density at radius 2 is 0.541 bits per heavy atom. The second-order valence-corrected chi connectivity index (χ2v) is 35.9. The number of epoxide rings is 4. The molecule has 9 heterocycles. The van der Waals surface area contributed by atoms with Gasteiger partial charge in [-0.25, -0.2) is 9.69 Å². The summed E-state index contributed by atoms with van der Waals surface area (Å²) in [5.74, 6) is 5.08. The van der Waals surface area contributed by atoms with Gasteiger partial charge in [0.15, 0.2) is 29.6 Å². The van der Waals surface area contributed by atoms with Gasteiger partial charge in [-0.05, 0) is 129 Å². The van der Waals surface area contributed by atoms with Crippen LogP contribution in [0, 0.1) is 68.1 Å². The number of carbonyl (C=O) groups is 5. The van der Waals surface area contributed by atoms with Crippen molar-refractivity contribution >= 4 is 58.1 Å². The number of carbonyl (C=O) groups excluding carboxylic acids is 5. The van der Waals surface area contributed by atoms with Crippen LogP contribution in [0.25, 0.3) is 55.6 Å². The fourth-order valence-electron chi connectivity index (χ4n) is 16.4. The van der Waals surface area contributed by atoms with Gasteiger partial charge < -0.3 is 69.2 Å². The lowest BCUT2D eigenvalue weighted by Gasteiger charge is -2.16. The Morgan fingerprint density at radius 1 is 0.338 bits per heavy atom. The van der Waals surface area contributed by atoms with Crippen LogP contribution in [0.5, 0.6) is 28.7 Å². The first kappa shape index (κ1) is 92.8. The molecule has 26 heteroatoms. The minimum atomic E-state index is -0.790. The summed E-state index contributed by atoms with van der Waals surface area (Å²) in [6.07, 6.45) is 4.20. The zero-order valence-electron chi connectivity index (χ0n) is 76.7. The minimum Gasteiger partial charge on any atom is -0.492 e. The molecule has 0 radical (unpaired) electrons. The molecule has 676 valence electrons. The van der Waals surface area contributed by atoms with Gasteiger partial charge in [-0.1, -0.05) is 191 Å². The van der Waals surface area contributed by atoms with E-state index in [-0.39, 0.29) is 23.6 Å². The van der Waals surface area contributed by atoms with Crippen LogP contribution in [-0.2, 0) is 70.2 Å². The first-order valence-corrected chi connectivity index (χ1v) is 44.8. The molecule has 4 saturated heterocycles. The van der Waals surface area contributed by atoms with E-state index in [1.54, 1.807) is 26.1 Å². The summed E-state index contributed by atoms with van der Waals surface area (Å²) in [7, 11) is 1.36. The maximum Gasteiger partial charge on any atom is 0.334 e. The van der Waals surface area contributed by atoms with Crippen LogP contribution in [0.15, 0.2) is 152 Å². The van der Waals surface area contributed by atoms with Gasteiger partial charge in [-0.2, -0.15) is 31.6 Å². The lowest BCUT2D eigenvalue weighted by Crippen LogP contribution is -2.28. The summed E-state index contributed by atoms with van der Waals surface area (Å²) in [5.41, 5.74) is 23.1. The molecule has 0 saturated carbocycles. The number of nitrogens with one attached hydrogen (secondary N) is 5. The number of fused-ring (bicyclic) bond motifs is 5. The van der Waals surface area contributed by atoms with Crippen molar-refractivity contribution in [3.63, 3.8) is 0 Å². The third-order valence-electron chi connectivity index (χ3n) is 25.0. The first-order valence-electron chi connectivity index (χ1n) is 44.8. The summed E-state index contributed by atoms with van der Waals surface area (Å²) < 4.78 is 49.7. The van der Waals surface area contributed by atoms with Crippen molar-refractivity contribution in [2.24, 2.45) is 0 Å². The van der Waals surface area contributed by atoms with Gasteiger partial charge in [0.25, 0.3) is 23.6 Å². The van der Waals surface area contributed by atoms with E-state index in [2.05, 4.69) is 235 Å². The van der Waals surface area contributed by atoms with Crippen molar-refractivity contribution in [2.45, 2.75) is 168 Å². The topological polar surface area (TPSA) is 388 Å². The van der Waals surface area contributed by atoms with E-state index in [0.717, 1.165) is 111 Å². The molecule has 9 aliphatic rings. The zero-order chi connectivity index (χ0) is 94.4. The van der Waals surface area contributed by atoms with E-state index >= 15 is 0 Å². The van der Waals surface area contributed by atoms with E-state index in [9.17, 15) is 50.3 Å². The number of benzene rings is 10. The highest BCUT2D eigenvalue weighted by molar-refractivity contribution is 6.04. The van der Waals surface area contributed by atoms with Crippen molar-refractivity contribution < 1.29 is 66.6 Å². The molecule has 4 fully saturated rings. The molecule has 9 aliphatic heterocycles. The van der Waals surface area contributed by atoms with Crippen molar-refractivity contribution in [2.75, 3.05) is 93.1 Å². The Morgan fingerprint density at radius 3 is 0.722 bits per heavy atom. The zero-order valence-corrected chi connectivity index (χ0v) is 76.7. The highest BCUT2D eigenvalue weighted by Gasteiger charge is 2.49. The SMILES string of the molecule is CC(C)c1ccc(-c2cc(NC(=O)N(C)C#N)c(C#N)c3c2OCC3)cc1.CC(C)c1ccc(-c2cc(NC(=O)[C@@H]3CO3)c(C#N)c3c2OCC3)cc1.CC(C)c1ccc(-c2cc(NC(=O)[C@@]3(C)CO3)c(C#N)c3c2OCC3)cc1.CC(C)c1ccc(-c2cc(NC(=O)[C@H]3CO3)c(C#N)c3c2OCC3)cc1.CC(C)c1ccc(-c2cc(NC(=O)[C@]3(C)CO3)c(C#N)c3c2OCC3)cc1. The Bertz CT molecular complexity index is 6190. The highest BCUT2D eigenvalue weighted by Crippen LogP contribution is 2.50. The van der Waals surface area contributed by atoms with Crippen LogP contribution >= 0.6 is 0 Å². The smallest absolute Gasteiger partial charge is 0.334 e. The number of ether oxygens (including phenoxy) is 9. The quantitative estimate of drug-likeness (QED) is 0.0285. The second-order valence-electron chi connectivity index (χ2n) is 35.9. The number of hydrogen-bond acceptors (Lipinski definition) is 20. The molecule has 10 aromatic rings. The molecular formula is C107H104N12O14. The molecule has 0 aliphatic carbocycles.